The molecule has 0 spiro atoms. The maximum absolute atomic E-state index is 5.20. The fourth-order valence-corrected chi connectivity index (χ4v) is 2.55. The summed E-state index contributed by atoms with van der Waals surface area (Å²) in [7, 11) is 1.67. The molecule has 1 fully saturated rings. The first-order valence-corrected chi connectivity index (χ1v) is 7.84. The summed E-state index contributed by atoms with van der Waals surface area (Å²) >= 11 is 5.20. The van der Waals surface area contributed by atoms with E-state index in [1.54, 1.807) is 7.11 Å². The number of ether oxygens (including phenoxy) is 1. The largest absolute Gasteiger partial charge is 0.383 e. The molecule has 0 saturated carbocycles. The molecule has 0 unspecified atom stereocenters. The van der Waals surface area contributed by atoms with Crippen LogP contribution >= 0.6 is 12.2 Å². The number of methoxy groups -OCH3 is 1. The number of nitrogens with one attached hydrogen (secondary N) is 2. The van der Waals surface area contributed by atoms with Crippen molar-refractivity contribution in [1.29, 1.82) is 0 Å². The number of hydrogen-bond acceptors (Lipinski definition) is 4. The number of pyridine rings is 1. The van der Waals surface area contributed by atoms with E-state index in [0.717, 1.165) is 30.5 Å². The van der Waals surface area contributed by atoms with Crippen LogP contribution in [0.25, 0.3) is 0 Å². The van der Waals surface area contributed by atoms with Crippen molar-refractivity contribution in [1.82, 2.24) is 10.3 Å². The van der Waals surface area contributed by atoms with Crippen LogP contribution < -0.4 is 15.5 Å². The van der Waals surface area contributed by atoms with Crippen molar-refractivity contribution < 1.29 is 4.74 Å². The molecule has 0 bridgehead atoms. The third-order valence-corrected chi connectivity index (χ3v) is 3.95. The van der Waals surface area contributed by atoms with E-state index in [4.69, 9.17) is 17.0 Å². The average Bonchev–Trinajstić information content (AvgIpc) is 2.49. The van der Waals surface area contributed by atoms with Crippen LogP contribution in [0.2, 0.25) is 0 Å². The Morgan fingerprint density at radius 2 is 2.19 bits per heavy atom. The van der Waals surface area contributed by atoms with Crippen molar-refractivity contribution in [3.05, 3.63) is 18.3 Å². The van der Waals surface area contributed by atoms with E-state index >= 15 is 0 Å². The summed E-state index contributed by atoms with van der Waals surface area (Å²) in [5.74, 6) is 1.88. The van der Waals surface area contributed by atoms with Gasteiger partial charge in [0.05, 0.1) is 18.5 Å². The van der Waals surface area contributed by atoms with Crippen LogP contribution in [0.1, 0.15) is 19.8 Å². The average molecular weight is 308 g/mol. The van der Waals surface area contributed by atoms with Crippen molar-refractivity contribution in [2.45, 2.75) is 19.8 Å². The highest BCUT2D eigenvalue weighted by Crippen LogP contribution is 2.21. The summed E-state index contributed by atoms with van der Waals surface area (Å²) in [6, 6.07) is 4.07. The Balaban J connectivity index is 1.83. The van der Waals surface area contributed by atoms with E-state index in [9.17, 15) is 0 Å². The van der Waals surface area contributed by atoms with Crippen molar-refractivity contribution >= 4 is 28.8 Å². The van der Waals surface area contributed by atoms with Gasteiger partial charge in [0, 0.05) is 26.7 Å². The number of aromatic nitrogens is 1. The SMILES string of the molecule is COCCNC(=S)Nc1ccc(N2CCC(C)CC2)nc1. The minimum atomic E-state index is 0.591. The fourth-order valence-electron chi connectivity index (χ4n) is 2.33. The Hall–Kier alpha value is -1.40. The summed E-state index contributed by atoms with van der Waals surface area (Å²) in [5.41, 5.74) is 0.902. The third-order valence-electron chi connectivity index (χ3n) is 3.71. The van der Waals surface area contributed by atoms with E-state index in [-0.39, 0.29) is 0 Å². The van der Waals surface area contributed by atoms with Crippen LogP contribution in [0.15, 0.2) is 18.3 Å². The van der Waals surface area contributed by atoms with E-state index in [1.807, 2.05) is 12.3 Å². The summed E-state index contributed by atoms with van der Waals surface area (Å²) in [5, 5.41) is 6.78. The minimum Gasteiger partial charge on any atom is -0.383 e. The lowest BCUT2D eigenvalue weighted by atomic mass is 9.99. The van der Waals surface area contributed by atoms with Gasteiger partial charge in [-0.1, -0.05) is 6.92 Å². The van der Waals surface area contributed by atoms with Gasteiger partial charge >= 0.3 is 0 Å². The predicted octanol–water partition coefficient (Wildman–Crippen LogP) is 2.25. The smallest absolute Gasteiger partial charge is 0.170 e. The van der Waals surface area contributed by atoms with Gasteiger partial charge in [-0.25, -0.2) is 4.98 Å². The molecule has 2 rings (SSSR count). The second-order valence-corrected chi connectivity index (χ2v) is 5.86. The first kappa shape index (κ1) is 16.0. The van der Waals surface area contributed by atoms with Crippen molar-refractivity contribution in [2.24, 2.45) is 5.92 Å². The van der Waals surface area contributed by atoms with Crippen molar-refractivity contribution in [3.63, 3.8) is 0 Å². The Kier molecular flexibility index (Phi) is 6.20. The molecular weight excluding hydrogens is 284 g/mol. The van der Waals surface area contributed by atoms with E-state index in [1.165, 1.54) is 12.8 Å². The van der Waals surface area contributed by atoms with Crippen LogP contribution in [0, 0.1) is 5.92 Å². The molecule has 2 heterocycles. The molecule has 116 valence electrons. The zero-order valence-electron chi connectivity index (χ0n) is 12.8. The zero-order chi connectivity index (χ0) is 15.1. The van der Waals surface area contributed by atoms with Crippen molar-refractivity contribution in [2.75, 3.05) is 43.6 Å². The van der Waals surface area contributed by atoms with Gasteiger partial charge < -0.3 is 20.3 Å². The molecule has 0 aliphatic carbocycles. The lowest BCUT2D eigenvalue weighted by Crippen LogP contribution is -2.33. The molecule has 0 amide bonds. The summed E-state index contributed by atoms with van der Waals surface area (Å²) in [6.45, 7) is 5.83. The summed E-state index contributed by atoms with van der Waals surface area (Å²) in [6.07, 6.45) is 4.32. The molecule has 1 saturated heterocycles. The Bertz CT molecular complexity index is 443. The van der Waals surface area contributed by atoms with Crippen LogP contribution in [0.5, 0.6) is 0 Å². The van der Waals surface area contributed by atoms with Crippen LogP contribution in [0.4, 0.5) is 11.5 Å². The molecule has 1 aromatic heterocycles. The maximum atomic E-state index is 5.20. The molecular formula is C15H24N4OS. The summed E-state index contributed by atoms with van der Waals surface area (Å²) < 4.78 is 4.97. The van der Waals surface area contributed by atoms with Gasteiger partial charge in [0.2, 0.25) is 0 Å². The van der Waals surface area contributed by atoms with E-state index in [0.29, 0.717) is 18.3 Å². The second-order valence-electron chi connectivity index (χ2n) is 5.45. The third kappa shape index (κ3) is 5.13. The van der Waals surface area contributed by atoms with Gasteiger partial charge in [-0.05, 0) is 43.1 Å². The molecule has 6 heteroatoms. The van der Waals surface area contributed by atoms with E-state index < -0.39 is 0 Å². The molecule has 0 atom stereocenters. The monoisotopic (exact) mass is 308 g/mol. The standard InChI is InChI=1S/C15H24N4OS/c1-12-5-8-19(9-6-12)14-4-3-13(11-17-14)18-15(21)16-7-10-20-2/h3-4,11-12H,5-10H2,1-2H3,(H2,16,18,21). The quantitative estimate of drug-likeness (QED) is 0.643. The van der Waals surface area contributed by atoms with Gasteiger partial charge in [0.15, 0.2) is 5.11 Å². The number of hydrogen-bond donors (Lipinski definition) is 2. The molecule has 21 heavy (non-hydrogen) atoms. The molecule has 1 aliphatic heterocycles. The highest BCUT2D eigenvalue weighted by atomic mass is 32.1. The number of rotatable bonds is 5. The van der Waals surface area contributed by atoms with Crippen LogP contribution in [0.3, 0.4) is 0 Å². The van der Waals surface area contributed by atoms with Crippen molar-refractivity contribution in [3.8, 4) is 0 Å². The van der Waals surface area contributed by atoms with Crippen LogP contribution in [-0.2, 0) is 4.74 Å². The maximum Gasteiger partial charge on any atom is 0.170 e. The molecule has 0 radical (unpaired) electrons. The summed E-state index contributed by atoms with van der Waals surface area (Å²) in [4.78, 5) is 6.87. The Morgan fingerprint density at radius 3 is 2.81 bits per heavy atom. The molecule has 1 aliphatic rings. The second kappa shape index (κ2) is 8.14. The zero-order valence-corrected chi connectivity index (χ0v) is 13.6. The van der Waals surface area contributed by atoms with Gasteiger partial charge in [-0.15, -0.1) is 0 Å². The number of nitrogens with zero attached hydrogens (tertiary/aromatic N) is 2. The topological polar surface area (TPSA) is 49.4 Å². The first-order chi connectivity index (χ1) is 10.2. The number of thiocarbonyl (C=S) groups is 1. The molecule has 0 aromatic carbocycles. The van der Waals surface area contributed by atoms with Gasteiger partial charge in [0.25, 0.3) is 0 Å². The molecule has 5 nitrogen and oxygen atoms in total. The minimum absolute atomic E-state index is 0.591. The Morgan fingerprint density at radius 1 is 1.43 bits per heavy atom. The lowest BCUT2D eigenvalue weighted by molar-refractivity contribution is 0.204. The van der Waals surface area contributed by atoms with Gasteiger partial charge in [-0.2, -0.15) is 0 Å². The van der Waals surface area contributed by atoms with Gasteiger partial charge in [0.1, 0.15) is 5.82 Å². The van der Waals surface area contributed by atoms with Gasteiger partial charge in [-0.3, -0.25) is 0 Å². The Labute approximate surface area is 132 Å². The predicted molar refractivity (Wildman–Crippen MR) is 90.9 cm³/mol. The van der Waals surface area contributed by atoms with Crippen LogP contribution in [-0.4, -0.2) is 43.4 Å². The number of anilines is 2. The highest BCUT2D eigenvalue weighted by molar-refractivity contribution is 7.80. The molecule has 2 N–H and O–H groups in total. The fraction of sp³-hybridized carbons (Fsp3) is 0.600. The lowest BCUT2D eigenvalue weighted by Gasteiger charge is -2.31. The van der Waals surface area contributed by atoms with E-state index in [2.05, 4.69) is 33.5 Å². The first-order valence-electron chi connectivity index (χ1n) is 7.44. The highest BCUT2D eigenvalue weighted by Gasteiger charge is 2.16. The normalized spacial score (nSPS) is 15.8. The number of piperidine rings is 1. The molecule has 1 aromatic rings.